The average molecular weight is 415 g/mol. The smallest absolute Gasteiger partial charge is 0.268 e. The van der Waals surface area contributed by atoms with Crippen molar-refractivity contribution in [3.8, 4) is 0 Å². The molecule has 1 amide bonds. The van der Waals surface area contributed by atoms with Crippen LogP contribution in [0, 0.1) is 0 Å². The molecular formula is C11H6F13NO. The summed E-state index contributed by atoms with van der Waals surface area (Å²) in [5.74, 6) is -38.7. The molecule has 0 aliphatic heterocycles. The van der Waals surface area contributed by atoms with Gasteiger partial charge in [0.25, 0.3) is 5.91 Å². The maximum atomic E-state index is 13.2. The first-order chi connectivity index (χ1) is 11.2. The van der Waals surface area contributed by atoms with E-state index in [9.17, 15) is 61.9 Å². The maximum absolute atomic E-state index is 13.2. The Balaban J connectivity index is 6.04. The van der Waals surface area contributed by atoms with Crippen LogP contribution in [0.4, 0.5) is 57.1 Å². The van der Waals surface area contributed by atoms with E-state index >= 15 is 0 Å². The quantitative estimate of drug-likeness (QED) is 0.331. The van der Waals surface area contributed by atoms with Crippen LogP contribution < -0.4 is 0 Å². The Labute approximate surface area is 135 Å². The number of rotatable bonds is 7. The Bertz CT molecular complexity index is 575. The van der Waals surface area contributed by atoms with E-state index in [1.807, 2.05) is 0 Å². The van der Waals surface area contributed by atoms with Gasteiger partial charge in [0.15, 0.2) is 0 Å². The van der Waals surface area contributed by atoms with Crippen LogP contribution in [-0.2, 0) is 4.79 Å². The Morgan fingerprint density at radius 3 is 1.46 bits per heavy atom. The molecule has 0 aromatic heterocycles. The molecule has 0 aliphatic carbocycles. The monoisotopic (exact) mass is 415 g/mol. The standard InChI is InChI=1S/C11H6F13NO/c1-2-5(26)25-4-3-6(12,13)7(14,15)8(16,17)9(18,19)10(20,21)11(22,23)24/h2,4H,1,3H2. The summed E-state index contributed by atoms with van der Waals surface area (Å²) < 4.78 is 165. The van der Waals surface area contributed by atoms with Crippen LogP contribution in [0.1, 0.15) is 6.42 Å². The molecule has 2 nitrogen and oxygen atoms in total. The summed E-state index contributed by atoms with van der Waals surface area (Å²) >= 11 is 0. The predicted molar refractivity (Wildman–Crippen MR) is 59.1 cm³/mol. The lowest BCUT2D eigenvalue weighted by molar-refractivity contribution is -0.439. The molecule has 0 aliphatic rings. The van der Waals surface area contributed by atoms with Crippen molar-refractivity contribution >= 4 is 12.1 Å². The number of alkyl halides is 13. The first kappa shape index (κ1) is 24.2. The SMILES string of the molecule is C=CC(=O)N=CCC(F)(F)C(F)(F)C(F)(F)C(F)(F)C(F)(F)C(F)(F)F. The van der Waals surface area contributed by atoms with Crippen LogP contribution in [0.3, 0.4) is 0 Å². The minimum atomic E-state index is -7.95. The highest BCUT2D eigenvalue weighted by Gasteiger charge is 2.90. The second kappa shape index (κ2) is 6.72. The van der Waals surface area contributed by atoms with E-state index < -0.39 is 54.3 Å². The van der Waals surface area contributed by atoms with E-state index in [1.54, 1.807) is 0 Å². The van der Waals surface area contributed by atoms with Gasteiger partial charge in [0.05, 0.1) is 6.42 Å². The van der Waals surface area contributed by atoms with E-state index in [1.165, 1.54) is 0 Å². The van der Waals surface area contributed by atoms with E-state index in [4.69, 9.17) is 0 Å². The molecule has 0 saturated heterocycles. The van der Waals surface area contributed by atoms with Crippen molar-refractivity contribution in [1.29, 1.82) is 0 Å². The number of carbonyl (C=O) groups is 1. The third-order valence-electron chi connectivity index (χ3n) is 2.74. The van der Waals surface area contributed by atoms with E-state index in [2.05, 4.69) is 11.6 Å². The summed E-state index contributed by atoms with van der Waals surface area (Å²) in [4.78, 5) is 12.9. The van der Waals surface area contributed by atoms with Crippen molar-refractivity contribution in [2.24, 2.45) is 4.99 Å². The topological polar surface area (TPSA) is 29.4 Å². The molecule has 0 heterocycles. The highest BCUT2D eigenvalue weighted by atomic mass is 19.4. The van der Waals surface area contributed by atoms with Gasteiger partial charge in [-0.25, -0.2) is 4.99 Å². The van der Waals surface area contributed by atoms with Crippen LogP contribution in [0.5, 0.6) is 0 Å². The van der Waals surface area contributed by atoms with Crippen LogP contribution in [0.25, 0.3) is 0 Å². The zero-order chi connectivity index (χ0) is 21.4. The van der Waals surface area contributed by atoms with Crippen LogP contribution in [0.2, 0.25) is 0 Å². The van der Waals surface area contributed by atoms with Gasteiger partial charge in [0.2, 0.25) is 0 Å². The average Bonchev–Trinajstić information content (AvgIpc) is 2.44. The largest absolute Gasteiger partial charge is 0.460 e. The van der Waals surface area contributed by atoms with Crippen molar-refractivity contribution in [3.63, 3.8) is 0 Å². The van der Waals surface area contributed by atoms with Crippen LogP contribution >= 0.6 is 0 Å². The number of halogens is 13. The van der Waals surface area contributed by atoms with Crippen molar-refractivity contribution in [2.75, 3.05) is 0 Å². The fourth-order valence-electron chi connectivity index (χ4n) is 1.23. The molecule has 0 fully saturated rings. The molecule has 0 spiro atoms. The Morgan fingerprint density at radius 1 is 0.731 bits per heavy atom. The number of hydrogen-bond donors (Lipinski definition) is 0. The highest BCUT2D eigenvalue weighted by molar-refractivity contribution is 5.93. The fourth-order valence-corrected chi connectivity index (χ4v) is 1.23. The lowest BCUT2D eigenvalue weighted by Crippen LogP contribution is -2.70. The Hall–Kier alpha value is -1.83. The molecule has 0 rings (SSSR count). The molecule has 152 valence electrons. The van der Waals surface area contributed by atoms with Crippen molar-refractivity contribution in [2.45, 2.75) is 42.2 Å². The van der Waals surface area contributed by atoms with Gasteiger partial charge in [0, 0.05) is 6.21 Å². The van der Waals surface area contributed by atoms with Crippen LogP contribution in [0.15, 0.2) is 17.6 Å². The molecule has 0 radical (unpaired) electrons. The van der Waals surface area contributed by atoms with Gasteiger partial charge in [-0.15, -0.1) is 0 Å². The maximum Gasteiger partial charge on any atom is 0.460 e. The van der Waals surface area contributed by atoms with Gasteiger partial charge < -0.3 is 0 Å². The minimum Gasteiger partial charge on any atom is -0.268 e. The Morgan fingerprint density at radius 2 is 1.12 bits per heavy atom. The normalized spacial score (nSPS) is 15.4. The summed E-state index contributed by atoms with van der Waals surface area (Å²) in [5, 5.41) is 0. The molecule has 0 bridgehead atoms. The van der Waals surface area contributed by atoms with Crippen molar-refractivity contribution in [3.05, 3.63) is 12.7 Å². The van der Waals surface area contributed by atoms with Gasteiger partial charge >= 0.3 is 35.8 Å². The van der Waals surface area contributed by atoms with E-state index in [0.29, 0.717) is 6.08 Å². The van der Waals surface area contributed by atoms with E-state index in [-0.39, 0.29) is 0 Å². The summed E-state index contributed by atoms with van der Waals surface area (Å²) in [5.41, 5.74) is 0. The molecule has 15 heteroatoms. The first-order valence-electron chi connectivity index (χ1n) is 5.85. The number of aliphatic imine (C=N–C) groups is 1. The highest BCUT2D eigenvalue weighted by Crippen LogP contribution is 2.60. The van der Waals surface area contributed by atoms with Gasteiger partial charge in [-0.2, -0.15) is 57.1 Å². The second-order valence-electron chi connectivity index (χ2n) is 4.56. The molecule has 0 saturated carbocycles. The van der Waals surface area contributed by atoms with Gasteiger partial charge in [-0.3, -0.25) is 4.79 Å². The summed E-state index contributed by atoms with van der Waals surface area (Å²) in [6.45, 7) is 2.74. The number of carbonyl (C=O) groups excluding carboxylic acids is 1. The zero-order valence-corrected chi connectivity index (χ0v) is 11.8. The molecule has 26 heavy (non-hydrogen) atoms. The number of amides is 1. The second-order valence-corrected chi connectivity index (χ2v) is 4.56. The third-order valence-corrected chi connectivity index (χ3v) is 2.74. The predicted octanol–water partition coefficient (Wildman–Crippen LogP) is 4.90. The molecular weight excluding hydrogens is 409 g/mol. The first-order valence-corrected chi connectivity index (χ1v) is 5.85. The van der Waals surface area contributed by atoms with E-state index in [0.717, 1.165) is 0 Å². The van der Waals surface area contributed by atoms with Gasteiger partial charge in [0.1, 0.15) is 0 Å². The molecule has 0 atom stereocenters. The molecule has 0 N–H and O–H groups in total. The lowest BCUT2D eigenvalue weighted by Gasteiger charge is -2.39. The van der Waals surface area contributed by atoms with Crippen molar-refractivity contribution < 1.29 is 61.9 Å². The minimum absolute atomic E-state index is 0.333. The third kappa shape index (κ3) is 3.65. The van der Waals surface area contributed by atoms with Crippen molar-refractivity contribution in [1.82, 2.24) is 0 Å². The zero-order valence-electron chi connectivity index (χ0n) is 11.8. The number of hydrogen-bond acceptors (Lipinski definition) is 1. The lowest BCUT2D eigenvalue weighted by atomic mass is 9.93. The summed E-state index contributed by atoms with van der Waals surface area (Å²) in [7, 11) is 0. The van der Waals surface area contributed by atoms with Gasteiger partial charge in [-0.1, -0.05) is 6.58 Å². The Kier molecular flexibility index (Phi) is 6.25. The summed E-state index contributed by atoms with van der Waals surface area (Å²) in [6.07, 6.45) is -10.2. The van der Waals surface area contributed by atoms with Crippen LogP contribution in [-0.4, -0.2) is 47.9 Å². The summed E-state index contributed by atoms with van der Waals surface area (Å²) in [6, 6.07) is 0. The molecule has 0 aromatic carbocycles. The molecule has 0 aromatic rings. The fraction of sp³-hybridized carbons (Fsp3) is 0.636. The van der Waals surface area contributed by atoms with Gasteiger partial charge in [-0.05, 0) is 6.08 Å². The molecule has 0 unspecified atom stereocenters. The number of nitrogens with zero attached hydrogens (tertiary/aromatic N) is 1.